The van der Waals surface area contributed by atoms with Crippen LogP contribution in [0.1, 0.15) is 27.2 Å². The fourth-order valence-corrected chi connectivity index (χ4v) is 1.33. The van der Waals surface area contributed by atoms with Crippen LogP contribution in [0.2, 0.25) is 0 Å². The maximum Gasteiger partial charge on any atom is 0.410 e. The van der Waals surface area contributed by atoms with Crippen LogP contribution in [0.5, 0.6) is 0 Å². The first-order valence-corrected chi connectivity index (χ1v) is 4.69. The van der Waals surface area contributed by atoms with Gasteiger partial charge in [-0.15, -0.1) is 0 Å². The summed E-state index contributed by atoms with van der Waals surface area (Å²) in [6.45, 7) is 7.15. The van der Waals surface area contributed by atoms with Gasteiger partial charge in [-0.25, -0.2) is 4.79 Å². The van der Waals surface area contributed by atoms with Gasteiger partial charge in [-0.2, -0.15) is 0 Å². The Bertz CT molecular complexity index is 204. The lowest BCUT2D eigenvalue weighted by molar-refractivity contribution is 0.116. The lowest BCUT2D eigenvalue weighted by atomic mass is 10.00. The molecule has 13 heavy (non-hydrogen) atoms. The van der Waals surface area contributed by atoms with Crippen molar-refractivity contribution in [3.63, 3.8) is 0 Å². The molecule has 0 aliphatic carbocycles. The number of amides is 1. The molecule has 1 rings (SSSR count). The molecule has 2 N–H and O–H groups in total. The largest absolute Gasteiger partial charge is 0.443 e. The maximum absolute atomic E-state index is 11.4. The summed E-state index contributed by atoms with van der Waals surface area (Å²) >= 11 is 0. The summed E-state index contributed by atoms with van der Waals surface area (Å²) in [6.07, 6.45) is 0.556. The van der Waals surface area contributed by atoms with Gasteiger partial charge in [0, 0.05) is 12.1 Å². The number of carbonyl (C=O) groups excluding carboxylic acids is 1. The van der Waals surface area contributed by atoms with Crippen molar-refractivity contribution in [3.05, 3.63) is 0 Å². The predicted octanol–water partition coefficient (Wildman–Crippen LogP) is 0.954. The zero-order valence-corrected chi connectivity index (χ0v) is 8.54. The molecule has 1 fully saturated rings. The molecule has 76 valence electrons. The number of ether oxygens (including phenoxy) is 1. The highest BCUT2D eigenvalue weighted by Crippen LogP contribution is 2.24. The van der Waals surface area contributed by atoms with Crippen LogP contribution in [-0.2, 0) is 4.74 Å². The van der Waals surface area contributed by atoms with Crippen LogP contribution >= 0.6 is 0 Å². The minimum atomic E-state index is -0.234. The third-order valence-electron chi connectivity index (χ3n) is 2.73. The van der Waals surface area contributed by atoms with E-state index in [1.165, 1.54) is 0 Å². The second-order valence-corrected chi connectivity index (χ2v) is 4.02. The van der Waals surface area contributed by atoms with E-state index in [1.807, 2.05) is 13.8 Å². The van der Waals surface area contributed by atoms with Gasteiger partial charge < -0.3 is 10.5 Å². The molecule has 1 aliphatic rings. The van der Waals surface area contributed by atoms with E-state index in [0.29, 0.717) is 13.1 Å². The van der Waals surface area contributed by atoms with Crippen LogP contribution in [0.3, 0.4) is 0 Å². The smallest absolute Gasteiger partial charge is 0.410 e. The molecule has 4 heteroatoms. The molecule has 1 heterocycles. The number of cyclic esters (lactones) is 1. The summed E-state index contributed by atoms with van der Waals surface area (Å²) in [5.41, 5.74) is 5.32. The van der Waals surface area contributed by atoms with Crippen LogP contribution < -0.4 is 5.73 Å². The lowest BCUT2D eigenvalue weighted by Crippen LogP contribution is -2.44. The second kappa shape index (κ2) is 3.54. The fraction of sp³-hybridized carbons (Fsp3) is 0.889. The number of hydrogen-bond acceptors (Lipinski definition) is 3. The van der Waals surface area contributed by atoms with Crippen molar-refractivity contribution >= 4 is 6.09 Å². The molecule has 1 atom stereocenters. The summed E-state index contributed by atoms with van der Waals surface area (Å²) in [5, 5.41) is 0. The summed E-state index contributed by atoms with van der Waals surface area (Å²) < 4.78 is 5.07. The Balaban J connectivity index is 2.67. The standard InChI is InChI=1S/C9H18N2O2/c1-4-9(2,3)11-6-7(5-10)13-8(11)12/h7H,4-6,10H2,1-3H3. The van der Waals surface area contributed by atoms with Gasteiger partial charge >= 0.3 is 6.09 Å². The number of hydrogen-bond donors (Lipinski definition) is 1. The lowest BCUT2D eigenvalue weighted by Gasteiger charge is -2.32. The average Bonchev–Trinajstić information content (AvgIpc) is 2.47. The first-order valence-electron chi connectivity index (χ1n) is 4.69. The van der Waals surface area contributed by atoms with Gasteiger partial charge in [0.05, 0.1) is 6.54 Å². The SMILES string of the molecule is CCC(C)(C)N1CC(CN)OC1=O. The van der Waals surface area contributed by atoms with E-state index in [9.17, 15) is 4.79 Å². The van der Waals surface area contributed by atoms with E-state index in [-0.39, 0.29) is 17.7 Å². The number of nitrogens with zero attached hydrogens (tertiary/aromatic N) is 1. The Morgan fingerprint density at radius 3 is 2.69 bits per heavy atom. The van der Waals surface area contributed by atoms with E-state index in [1.54, 1.807) is 4.90 Å². The topological polar surface area (TPSA) is 55.6 Å². The molecule has 0 aromatic heterocycles. The molecule has 0 spiro atoms. The van der Waals surface area contributed by atoms with Crippen molar-refractivity contribution in [1.82, 2.24) is 4.90 Å². The van der Waals surface area contributed by atoms with E-state index < -0.39 is 0 Å². The molecule has 1 aliphatic heterocycles. The van der Waals surface area contributed by atoms with Gasteiger partial charge in [0.15, 0.2) is 0 Å². The summed E-state index contributed by atoms with van der Waals surface area (Å²) in [7, 11) is 0. The molecule has 1 amide bonds. The quantitative estimate of drug-likeness (QED) is 0.714. The number of rotatable bonds is 3. The number of nitrogens with two attached hydrogens (primary N) is 1. The molecule has 4 nitrogen and oxygen atoms in total. The Kier molecular flexibility index (Phi) is 2.81. The van der Waals surface area contributed by atoms with Gasteiger partial charge in [0.2, 0.25) is 0 Å². The maximum atomic E-state index is 11.4. The third kappa shape index (κ3) is 1.94. The van der Waals surface area contributed by atoms with Crippen LogP contribution in [0.4, 0.5) is 4.79 Å². The van der Waals surface area contributed by atoms with Crippen molar-refractivity contribution in [3.8, 4) is 0 Å². The van der Waals surface area contributed by atoms with E-state index >= 15 is 0 Å². The first kappa shape index (κ1) is 10.3. The van der Waals surface area contributed by atoms with Gasteiger partial charge in [-0.05, 0) is 20.3 Å². The summed E-state index contributed by atoms with van der Waals surface area (Å²) in [4.78, 5) is 13.2. The summed E-state index contributed by atoms with van der Waals surface area (Å²) in [6, 6.07) is 0. The highest BCUT2D eigenvalue weighted by atomic mass is 16.6. The minimum Gasteiger partial charge on any atom is -0.443 e. The minimum absolute atomic E-state index is 0.124. The third-order valence-corrected chi connectivity index (χ3v) is 2.73. The average molecular weight is 186 g/mol. The Morgan fingerprint density at radius 2 is 2.31 bits per heavy atom. The van der Waals surface area contributed by atoms with Crippen molar-refractivity contribution in [2.75, 3.05) is 13.1 Å². The van der Waals surface area contributed by atoms with E-state index in [0.717, 1.165) is 6.42 Å². The Hall–Kier alpha value is -0.770. The molecular formula is C9H18N2O2. The molecule has 0 aromatic rings. The van der Waals surface area contributed by atoms with E-state index in [4.69, 9.17) is 10.5 Å². The zero-order chi connectivity index (χ0) is 10.1. The van der Waals surface area contributed by atoms with Crippen molar-refractivity contribution in [2.45, 2.75) is 38.8 Å². The van der Waals surface area contributed by atoms with Gasteiger partial charge in [-0.3, -0.25) is 4.90 Å². The van der Waals surface area contributed by atoms with Crippen molar-refractivity contribution in [2.24, 2.45) is 5.73 Å². The molecular weight excluding hydrogens is 168 g/mol. The van der Waals surface area contributed by atoms with Crippen LogP contribution in [-0.4, -0.2) is 35.7 Å². The highest BCUT2D eigenvalue weighted by Gasteiger charge is 2.38. The predicted molar refractivity (Wildman–Crippen MR) is 50.4 cm³/mol. The second-order valence-electron chi connectivity index (χ2n) is 4.02. The Morgan fingerprint density at radius 1 is 1.69 bits per heavy atom. The monoisotopic (exact) mass is 186 g/mol. The molecule has 0 bridgehead atoms. The van der Waals surface area contributed by atoms with Gasteiger partial charge in [-0.1, -0.05) is 6.92 Å². The van der Waals surface area contributed by atoms with Gasteiger partial charge in [0.1, 0.15) is 6.10 Å². The fourth-order valence-electron chi connectivity index (χ4n) is 1.33. The van der Waals surface area contributed by atoms with Crippen molar-refractivity contribution < 1.29 is 9.53 Å². The van der Waals surface area contributed by atoms with Gasteiger partial charge in [0.25, 0.3) is 0 Å². The molecule has 1 unspecified atom stereocenters. The Labute approximate surface area is 79.0 Å². The van der Waals surface area contributed by atoms with E-state index in [2.05, 4.69) is 6.92 Å². The summed E-state index contributed by atoms with van der Waals surface area (Å²) in [5.74, 6) is 0. The highest BCUT2D eigenvalue weighted by molar-refractivity contribution is 5.70. The van der Waals surface area contributed by atoms with Crippen LogP contribution in [0.15, 0.2) is 0 Å². The van der Waals surface area contributed by atoms with Crippen molar-refractivity contribution in [1.29, 1.82) is 0 Å². The van der Waals surface area contributed by atoms with Crippen LogP contribution in [0.25, 0.3) is 0 Å². The molecule has 1 saturated heterocycles. The normalized spacial score (nSPS) is 23.5. The molecule has 0 radical (unpaired) electrons. The number of carbonyl (C=O) groups is 1. The van der Waals surface area contributed by atoms with Crippen LogP contribution in [0, 0.1) is 0 Å². The molecule has 0 saturated carbocycles. The zero-order valence-electron chi connectivity index (χ0n) is 8.54. The molecule has 0 aromatic carbocycles. The first-order chi connectivity index (χ1) is 6.01.